The average molecular weight is 282 g/mol. The minimum atomic E-state index is -0.714. The van der Waals surface area contributed by atoms with Gasteiger partial charge in [-0.25, -0.2) is 0 Å². The second-order valence-electron chi connectivity index (χ2n) is 4.99. The summed E-state index contributed by atoms with van der Waals surface area (Å²) in [5.74, 6) is 1.61. The summed E-state index contributed by atoms with van der Waals surface area (Å²) in [7, 11) is 1.62. The number of hydrogen-bond acceptors (Lipinski definition) is 4. The van der Waals surface area contributed by atoms with Crippen LogP contribution in [0.5, 0.6) is 11.5 Å². The maximum absolute atomic E-state index is 9.85. The molecule has 0 spiro atoms. The molecule has 114 valence electrons. The summed E-state index contributed by atoms with van der Waals surface area (Å²) >= 11 is 0. The molecule has 3 unspecified atom stereocenters. The number of hydrogen-bond donors (Lipinski definition) is 2. The third-order valence-electron chi connectivity index (χ3n) is 3.53. The first-order chi connectivity index (χ1) is 9.53. The van der Waals surface area contributed by atoms with E-state index in [1.807, 2.05) is 25.1 Å². The quantitative estimate of drug-likeness (QED) is 0.769. The summed E-state index contributed by atoms with van der Waals surface area (Å²) in [4.78, 5) is 0. The van der Waals surface area contributed by atoms with Crippen molar-refractivity contribution in [1.29, 1.82) is 0 Å². The van der Waals surface area contributed by atoms with Gasteiger partial charge in [-0.3, -0.25) is 0 Å². The summed E-state index contributed by atoms with van der Waals surface area (Å²) in [6.45, 7) is 6.20. The Labute approximate surface area is 121 Å². The van der Waals surface area contributed by atoms with Gasteiger partial charge in [0.15, 0.2) is 11.5 Å². The number of ether oxygens (including phenoxy) is 2. The van der Waals surface area contributed by atoms with Crippen LogP contribution in [0.3, 0.4) is 0 Å². The van der Waals surface area contributed by atoms with E-state index in [9.17, 15) is 10.2 Å². The molecule has 0 saturated heterocycles. The first-order valence-electron chi connectivity index (χ1n) is 7.20. The van der Waals surface area contributed by atoms with E-state index in [0.29, 0.717) is 18.8 Å². The van der Waals surface area contributed by atoms with E-state index in [2.05, 4.69) is 6.92 Å². The highest BCUT2D eigenvalue weighted by molar-refractivity contribution is 5.44. The van der Waals surface area contributed by atoms with E-state index in [1.165, 1.54) is 0 Å². The zero-order valence-corrected chi connectivity index (χ0v) is 12.8. The Balaban J connectivity index is 2.92. The Morgan fingerprint density at radius 3 is 2.35 bits per heavy atom. The molecule has 1 rings (SSSR count). The van der Waals surface area contributed by atoms with Crippen molar-refractivity contribution in [1.82, 2.24) is 0 Å². The molecule has 1 aromatic rings. The fourth-order valence-corrected chi connectivity index (χ4v) is 2.24. The van der Waals surface area contributed by atoms with Gasteiger partial charge >= 0.3 is 0 Å². The van der Waals surface area contributed by atoms with Crippen LogP contribution in [0, 0.1) is 0 Å². The fraction of sp³-hybridized carbons (Fsp3) is 0.625. The topological polar surface area (TPSA) is 58.9 Å². The summed E-state index contributed by atoms with van der Waals surface area (Å²) < 4.78 is 10.8. The Morgan fingerprint density at radius 2 is 1.85 bits per heavy atom. The maximum Gasteiger partial charge on any atom is 0.161 e. The van der Waals surface area contributed by atoms with Crippen LogP contribution >= 0.6 is 0 Å². The second kappa shape index (κ2) is 8.12. The zero-order valence-electron chi connectivity index (χ0n) is 12.8. The maximum atomic E-state index is 9.85. The lowest BCUT2D eigenvalue weighted by Crippen LogP contribution is -2.24. The summed E-state index contributed by atoms with van der Waals surface area (Å²) in [5, 5.41) is 19.3. The van der Waals surface area contributed by atoms with Gasteiger partial charge in [0.25, 0.3) is 0 Å². The van der Waals surface area contributed by atoms with Gasteiger partial charge in [0, 0.05) is 0 Å². The first kappa shape index (κ1) is 16.8. The molecular weight excluding hydrogens is 256 g/mol. The monoisotopic (exact) mass is 282 g/mol. The predicted molar refractivity (Wildman–Crippen MR) is 79.5 cm³/mol. The molecule has 0 fully saturated rings. The van der Waals surface area contributed by atoms with Crippen molar-refractivity contribution >= 4 is 0 Å². The molecule has 0 aliphatic heterocycles. The summed E-state index contributed by atoms with van der Waals surface area (Å²) in [5.41, 5.74) is 1.09. The lowest BCUT2D eigenvalue weighted by Gasteiger charge is -2.22. The van der Waals surface area contributed by atoms with Crippen LogP contribution < -0.4 is 9.47 Å². The van der Waals surface area contributed by atoms with E-state index in [-0.39, 0.29) is 5.92 Å². The highest BCUT2D eigenvalue weighted by Gasteiger charge is 2.19. The number of aliphatic hydroxyl groups is 2. The number of aliphatic hydroxyl groups excluding tert-OH is 2. The molecule has 0 aromatic heterocycles. The van der Waals surface area contributed by atoms with Crippen molar-refractivity contribution in [2.75, 3.05) is 13.7 Å². The Bertz CT molecular complexity index is 403. The largest absolute Gasteiger partial charge is 0.493 e. The van der Waals surface area contributed by atoms with E-state index in [4.69, 9.17) is 9.47 Å². The van der Waals surface area contributed by atoms with Gasteiger partial charge in [-0.1, -0.05) is 13.0 Å². The zero-order chi connectivity index (χ0) is 15.1. The molecule has 0 aliphatic rings. The molecule has 0 saturated carbocycles. The molecule has 2 N–H and O–H groups in total. The highest BCUT2D eigenvalue weighted by Crippen LogP contribution is 2.34. The van der Waals surface area contributed by atoms with Crippen molar-refractivity contribution in [3.05, 3.63) is 23.8 Å². The molecule has 3 atom stereocenters. The Morgan fingerprint density at radius 1 is 1.15 bits per heavy atom. The lowest BCUT2D eigenvalue weighted by molar-refractivity contribution is 0.0215. The number of methoxy groups -OCH3 is 1. The van der Waals surface area contributed by atoms with Gasteiger partial charge in [-0.15, -0.1) is 0 Å². The van der Waals surface area contributed by atoms with Crippen LogP contribution in [0.4, 0.5) is 0 Å². The summed E-state index contributed by atoms with van der Waals surface area (Å²) in [6.07, 6.45) is -0.00202. The summed E-state index contributed by atoms with van der Waals surface area (Å²) in [6, 6.07) is 5.85. The van der Waals surface area contributed by atoms with Crippen LogP contribution in [0.2, 0.25) is 0 Å². The fourth-order valence-electron chi connectivity index (χ4n) is 2.24. The Hall–Kier alpha value is -1.26. The van der Waals surface area contributed by atoms with Crippen molar-refractivity contribution in [3.63, 3.8) is 0 Å². The van der Waals surface area contributed by atoms with Gasteiger partial charge in [-0.05, 0) is 50.3 Å². The van der Waals surface area contributed by atoms with Crippen LogP contribution in [-0.4, -0.2) is 36.1 Å². The van der Waals surface area contributed by atoms with Crippen molar-refractivity contribution < 1.29 is 19.7 Å². The second-order valence-corrected chi connectivity index (χ2v) is 4.99. The third-order valence-corrected chi connectivity index (χ3v) is 3.53. The first-order valence-corrected chi connectivity index (χ1v) is 7.20. The standard InChI is InChI=1S/C16H26O4/c1-5-12(9-14(18)11(3)17)13-7-8-15(20-6-2)16(10-13)19-4/h7-8,10-12,14,17-18H,5-6,9H2,1-4H3. The molecule has 4 heteroatoms. The molecule has 0 bridgehead atoms. The molecule has 0 amide bonds. The van der Waals surface area contributed by atoms with Gasteiger partial charge in [0.1, 0.15) is 0 Å². The van der Waals surface area contributed by atoms with Crippen LogP contribution in [0.25, 0.3) is 0 Å². The van der Waals surface area contributed by atoms with Crippen molar-refractivity contribution in [2.24, 2.45) is 0 Å². The molecule has 0 heterocycles. The predicted octanol–water partition coefficient (Wildman–Crippen LogP) is 2.72. The Kier molecular flexibility index (Phi) is 6.82. The minimum Gasteiger partial charge on any atom is -0.493 e. The van der Waals surface area contributed by atoms with Gasteiger partial charge in [-0.2, -0.15) is 0 Å². The molecule has 20 heavy (non-hydrogen) atoms. The SMILES string of the molecule is CCOc1ccc(C(CC)CC(O)C(C)O)cc1OC. The number of benzene rings is 1. The third kappa shape index (κ3) is 4.39. The van der Waals surface area contributed by atoms with Crippen LogP contribution in [-0.2, 0) is 0 Å². The average Bonchev–Trinajstić information content (AvgIpc) is 2.45. The van der Waals surface area contributed by atoms with E-state index >= 15 is 0 Å². The van der Waals surface area contributed by atoms with Crippen LogP contribution in [0.15, 0.2) is 18.2 Å². The lowest BCUT2D eigenvalue weighted by atomic mass is 9.89. The van der Waals surface area contributed by atoms with E-state index in [1.54, 1.807) is 14.0 Å². The normalized spacial score (nSPS) is 15.5. The van der Waals surface area contributed by atoms with E-state index < -0.39 is 12.2 Å². The molecule has 0 radical (unpaired) electrons. The molecule has 0 aliphatic carbocycles. The van der Waals surface area contributed by atoms with Gasteiger partial charge in [0.2, 0.25) is 0 Å². The van der Waals surface area contributed by atoms with Gasteiger partial charge < -0.3 is 19.7 Å². The van der Waals surface area contributed by atoms with E-state index in [0.717, 1.165) is 17.7 Å². The highest BCUT2D eigenvalue weighted by atomic mass is 16.5. The molecular formula is C16H26O4. The number of rotatable bonds is 8. The van der Waals surface area contributed by atoms with Crippen molar-refractivity contribution in [2.45, 2.75) is 51.7 Å². The molecule has 1 aromatic carbocycles. The van der Waals surface area contributed by atoms with Gasteiger partial charge in [0.05, 0.1) is 25.9 Å². The van der Waals surface area contributed by atoms with Crippen LogP contribution in [0.1, 0.15) is 45.1 Å². The van der Waals surface area contributed by atoms with Crippen molar-refractivity contribution in [3.8, 4) is 11.5 Å². The minimum absolute atomic E-state index is 0.184. The smallest absolute Gasteiger partial charge is 0.161 e. The molecule has 4 nitrogen and oxygen atoms in total.